The summed E-state index contributed by atoms with van der Waals surface area (Å²) in [6.07, 6.45) is -0.793. The van der Waals surface area contributed by atoms with Crippen molar-refractivity contribution in [1.82, 2.24) is 15.5 Å². The van der Waals surface area contributed by atoms with E-state index >= 15 is 0 Å². The lowest BCUT2D eigenvalue weighted by Crippen LogP contribution is -2.47. The molecule has 158 valence electrons. The molecule has 6 nitrogen and oxygen atoms in total. The monoisotopic (exact) mass is 411 g/mol. The highest BCUT2D eigenvalue weighted by atomic mass is 19.4. The molecule has 2 aliphatic rings. The van der Waals surface area contributed by atoms with Gasteiger partial charge in [-0.05, 0) is 37.3 Å². The van der Waals surface area contributed by atoms with Crippen LogP contribution in [0.4, 0.5) is 18.0 Å². The van der Waals surface area contributed by atoms with Crippen molar-refractivity contribution in [3.05, 3.63) is 35.4 Å². The molecule has 0 bridgehead atoms. The molecule has 0 unspecified atom stereocenters. The van der Waals surface area contributed by atoms with Crippen LogP contribution in [-0.4, -0.2) is 35.3 Å². The van der Waals surface area contributed by atoms with Gasteiger partial charge in [-0.1, -0.05) is 38.0 Å². The maximum Gasteiger partial charge on any atom is 0.416 e. The van der Waals surface area contributed by atoms with Gasteiger partial charge in [0.25, 0.3) is 5.91 Å². The number of urea groups is 1. The van der Waals surface area contributed by atoms with Crippen LogP contribution in [0.15, 0.2) is 24.3 Å². The molecule has 1 aromatic rings. The fourth-order valence-corrected chi connectivity index (χ4v) is 4.12. The molecule has 1 saturated carbocycles. The predicted molar refractivity (Wildman–Crippen MR) is 98.6 cm³/mol. The van der Waals surface area contributed by atoms with E-state index in [0.29, 0.717) is 10.8 Å². The quantitative estimate of drug-likeness (QED) is 0.747. The van der Waals surface area contributed by atoms with Crippen molar-refractivity contribution in [3.63, 3.8) is 0 Å². The Morgan fingerprint density at radius 1 is 1.24 bits per heavy atom. The van der Waals surface area contributed by atoms with Gasteiger partial charge >= 0.3 is 12.2 Å². The molecule has 0 radical (unpaired) electrons. The molecule has 1 aliphatic carbocycles. The molecule has 0 spiro atoms. The fraction of sp³-hybridized carbons (Fsp3) is 0.550. The summed E-state index contributed by atoms with van der Waals surface area (Å²) in [6, 6.07) is 3.69. The summed E-state index contributed by atoms with van der Waals surface area (Å²) in [5.74, 6) is -1.09. The van der Waals surface area contributed by atoms with Crippen LogP contribution in [0.1, 0.15) is 50.7 Å². The molecule has 1 heterocycles. The maximum absolute atomic E-state index is 13.4. The summed E-state index contributed by atoms with van der Waals surface area (Å²) >= 11 is 0. The molecule has 2 fully saturated rings. The highest BCUT2D eigenvalue weighted by Crippen LogP contribution is 2.39. The van der Waals surface area contributed by atoms with Gasteiger partial charge in [-0.3, -0.25) is 14.5 Å². The normalized spacial score (nSPS) is 27.7. The largest absolute Gasteiger partial charge is 0.416 e. The zero-order valence-corrected chi connectivity index (χ0v) is 16.3. The van der Waals surface area contributed by atoms with Gasteiger partial charge in [0.1, 0.15) is 12.1 Å². The number of amides is 4. The van der Waals surface area contributed by atoms with E-state index in [1.165, 1.54) is 19.1 Å². The van der Waals surface area contributed by atoms with Gasteiger partial charge in [-0.2, -0.15) is 13.2 Å². The number of nitrogens with zero attached hydrogens (tertiary/aromatic N) is 1. The zero-order chi connectivity index (χ0) is 21.4. The van der Waals surface area contributed by atoms with Crippen molar-refractivity contribution < 1.29 is 27.6 Å². The van der Waals surface area contributed by atoms with Gasteiger partial charge in [0.15, 0.2) is 0 Å². The van der Waals surface area contributed by atoms with Crippen LogP contribution >= 0.6 is 0 Å². The smallest absolute Gasteiger partial charge is 0.352 e. The van der Waals surface area contributed by atoms with Crippen molar-refractivity contribution >= 4 is 17.8 Å². The topological polar surface area (TPSA) is 78.5 Å². The lowest BCUT2D eigenvalue weighted by Gasteiger charge is -2.30. The van der Waals surface area contributed by atoms with Crippen LogP contribution in [0, 0.1) is 5.92 Å². The Balaban J connectivity index is 1.78. The second kappa shape index (κ2) is 7.68. The number of halogens is 3. The molecule has 9 heteroatoms. The number of hydrogen-bond acceptors (Lipinski definition) is 3. The Bertz CT molecular complexity index is 827. The average molecular weight is 411 g/mol. The second-order valence-corrected chi connectivity index (χ2v) is 7.93. The van der Waals surface area contributed by atoms with Gasteiger partial charge in [-0.25, -0.2) is 4.79 Å². The Hall–Kier alpha value is -2.58. The van der Waals surface area contributed by atoms with E-state index in [1.807, 2.05) is 6.92 Å². The first-order chi connectivity index (χ1) is 13.5. The van der Waals surface area contributed by atoms with E-state index in [9.17, 15) is 27.6 Å². The molecular formula is C20H24F3N3O3. The lowest BCUT2D eigenvalue weighted by atomic mass is 9.86. The minimum absolute atomic E-state index is 0.0330. The molecule has 3 rings (SSSR count). The summed E-state index contributed by atoms with van der Waals surface area (Å²) in [7, 11) is 0. The summed E-state index contributed by atoms with van der Waals surface area (Å²) in [5.41, 5.74) is -3.25. The van der Waals surface area contributed by atoms with Gasteiger partial charge in [0.2, 0.25) is 5.91 Å². The van der Waals surface area contributed by atoms with Crippen LogP contribution in [0.25, 0.3) is 0 Å². The summed E-state index contributed by atoms with van der Waals surface area (Å²) < 4.78 is 40.2. The zero-order valence-electron chi connectivity index (χ0n) is 16.3. The van der Waals surface area contributed by atoms with E-state index in [2.05, 4.69) is 10.6 Å². The number of nitrogens with one attached hydrogen (secondary N) is 2. The van der Waals surface area contributed by atoms with Crippen molar-refractivity contribution in [1.29, 1.82) is 0 Å². The summed E-state index contributed by atoms with van der Waals surface area (Å²) in [6.45, 7) is 2.72. The van der Waals surface area contributed by atoms with Crippen molar-refractivity contribution in [2.24, 2.45) is 5.92 Å². The second-order valence-electron chi connectivity index (χ2n) is 7.93. The van der Waals surface area contributed by atoms with Crippen LogP contribution in [0.5, 0.6) is 0 Å². The van der Waals surface area contributed by atoms with E-state index in [-0.39, 0.29) is 11.6 Å². The van der Waals surface area contributed by atoms with E-state index < -0.39 is 41.7 Å². The van der Waals surface area contributed by atoms with Crippen molar-refractivity contribution in [2.45, 2.75) is 57.3 Å². The number of carbonyl (C=O) groups is 3. The van der Waals surface area contributed by atoms with Crippen LogP contribution in [-0.2, 0) is 21.3 Å². The third-order valence-electron chi connectivity index (χ3n) is 5.81. The minimum Gasteiger partial charge on any atom is -0.352 e. The first kappa shape index (κ1) is 21.1. The summed E-state index contributed by atoms with van der Waals surface area (Å²) in [5, 5.41) is 5.18. The molecule has 1 aliphatic heterocycles. The molecule has 1 saturated heterocycles. The number of imide groups is 1. The molecule has 1 aromatic carbocycles. The SMILES string of the molecule is C[C@@H]1CCCC[C@@H]1NC(=O)CN1C(=O)N[C@](C)(c2ccccc2C(F)(F)F)C1=O. The maximum atomic E-state index is 13.4. The van der Waals surface area contributed by atoms with Crippen LogP contribution in [0.3, 0.4) is 0 Å². The first-order valence-electron chi connectivity index (χ1n) is 9.64. The van der Waals surface area contributed by atoms with E-state index in [0.717, 1.165) is 37.8 Å². The highest BCUT2D eigenvalue weighted by Gasteiger charge is 2.52. The van der Waals surface area contributed by atoms with E-state index in [1.54, 1.807) is 0 Å². The lowest BCUT2D eigenvalue weighted by molar-refractivity contribution is -0.140. The number of hydrogen-bond donors (Lipinski definition) is 2. The fourth-order valence-electron chi connectivity index (χ4n) is 4.12. The van der Waals surface area contributed by atoms with Gasteiger partial charge < -0.3 is 10.6 Å². The minimum atomic E-state index is -4.69. The number of carbonyl (C=O) groups excluding carboxylic acids is 3. The first-order valence-corrected chi connectivity index (χ1v) is 9.64. The molecular weight excluding hydrogens is 387 g/mol. The Morgan fingerprint density at radius 2 is 1.90 bits per heavy atom. The predicted octanol–water partition coefficient (Wildman–Crippen LogP) is 3.17. The molecule has 4 amide bonds. The number of alkyl halides is 3. The Labute approximate surface area is 166 Å². The summed E-state index contributed by atoms with van der Waals surface area (Å²) in [4.78, 5) is 38.4. The number of rotatable bonds is 4. The van der Waals surface area contributed by atoms with Gasteiger partial charge in [0.05, 0.1) is 5.56 Å². The Kier molecular flexibility index (Phi) is 5.60. The van der Waals surface area contributed by atoms with Crippen LogP contribution in [0.2, 0.25) is 0 Å². The Morgan fingerprint density at radius 3 is 2.55 bits per heavy atom. The third kappa shape index (κ3) is 4.09. The standard InChI is InChI=1S/C20H24F3N3O3/c1-12-7-3-6-10-15(12)24-16(27)11-26-17(28)19(2,25-18(26)29)13-8-4-5-9-14(13)20(21,22)23/h4-5,8-9,12,15H,3,6-7,10-11H2,1-2H3,(H,24,27)(H,25,29)/t12-,15+,19-/m1/s1. The highest BCUT2D eigenvalue weighted by molar-refractivity contribution is 6.09. The molecule has 3 atom stereocenters. The number of benzene rings is 1. The molecule has 0 aromatic heterocycles. The van der Waals surface area contributed by atoms with Gasteiger partial charge in [0, 0.05) is 6.04 Å². The van der Waals surface area contributed by atoms with Crippen molar-refractivity contribution in [2.75, 3.05) is 6.54 Å². The average Bonchev–Trinajstić information content (AvgIpc) is 2.87. The van der Waals surface area contributed by atoms with E-state index in [4.69, 9.17) is 0 Å². The molecule has 2 N–H and O–H groups in total. The molecule has 29 heavy (non-hydrogen) atoms. The van der Waals surface area contributed by atoms with Crippen molar-refractivity contribution in [3.8, 4) is 0 Å². The van der Waals surface area contributed by atoms with Crippen LogP contribution < -0.4 is 10.6 Å². The third-order valence-corrected chi connectivity index (χ3v) is 5.81. The van der Waals surface area contributed by atoms with Gasteiger partial charge in [-0.15, -0.1) is 0 Å².